The zero-order valence-corrected chi connectivity index (χ0v) is 16.5. The van der Waals surface area contributed by atoms with Crippen LogP contribution in [-0.2, 0) is 0 Å². The highest BCUT2D eigenvalue weighted by Gasteiger charge is 2.14. The minimum atomic E-state index is -0.252. The fourth-order valence-corrected chi connectivity index (χ4v) is 3.44. The summed E-state index contributed by atoms with van der Waals surface area (Å²) in [6.45, 7) is 1.81. The van der Waals surface area contributed by atoms with Gasteiger partial charge >= 0.3 is 0 Å². The highest BCUT2D eigenvalue weighted by molar-refractivity contribution is 6.37. The molecule has 1 aromatic heterocycles. The van der Waals surface area contributed by atoms with Gasteiger partial charge in [0.25, 0.3) is 0 Å². The van der Waals surface area contributed by atoms with Crippen molar-refractivity contribution in [1.29, 1.82) is 0 Å². The molecule has 1 heterocycles. The van der Waals surface area contributed by atoms with Crippen LogP contribution in [0.2, 0.25) is 20.2 Å². The summed E-state index contributed by atoms with van der Waals surface area (Å²) >= 11 is 24.4. The molecule has 0 atom stereocenters. The number of ketones is 1. The zero-order valence-electron chi connectivity index (χ0n) is 13.5. The molecule has 0 aliphatic carbocycles. The van der Waals surface area contributed by atoms with Crippen LogP contribution in [0.25, 0.3) is 11.8 Å². The lowest BCUT2D eigenvalue weighted by Gasteiger charge is -2.03. The van der Waals surface area contributed by atoms with Gasteiger partial charge in [0, 0.05) is 21.2 Å². The summed E-state index contributed by atoms with van der Waals surface area (Å²) in [4.78, 5) is 12.4. The lowest BCUT2D eigenvalue weighted by atomic mass is 10.1. The molecule has 26 heavy (non-hydrogen) atoms. The lowest BCUT2D eigenvalue weighted by Crippen LogP contribution is -1.96. The van der Waals surface area contributed by atoms with Crippen molar-refractivity contribution in [1.82, 2.24) is 9.78 Å². The maximum Gasteiger partial charge on any atom is 0.187 e. The normalized spacial score (nSPS) is 11.3. The predicted molar refractivity (Wildman–Crippen MR) is 108 cm³/mol. The number of allylic oxidation sites excluding steroid dienone is 1. The van der Waals surface area contributed by atoms with E-state index in [0.717, 1.165) is 5.69 Å². The van der Waals surface area contributed by atoms with Gasteiger partial charge in [0.05, 0.1) is 16.4 Å². The number of rotatable bonds is 4. The number of hydrogen-bond donors (Lipinski definition) is 0. The smallest absolute Gasteiger partial charge is 0.187 e. The molecule has 0 N–H and O–H groups in total. The van der Waals surface area contributed by atoms with Gasteiger partial charge in [0.1, 0.15) is 5.15 Å². The second kappa shape index (κ2) is 7.85. The summed E-state index contributed by atoms with van der Waals surface area (Å²) in [7, 11) is 0. The van der Waals surface area contributed by atoms with Crippen LogP contribution in [0, 0.1) is 6.92 Å². The Balaban J connectivity index is 1.93. The topological polar surface area (TPSA) is 34.9 Å². The van der Waals surface area contributed by atoms with Crippen molar-refractivity contribution >= 4 is 58.3 Å². The zero-order chi connectivity index (χ0) is 18.8. The van der Waals surface area contributed by atoms with Crippen LogP contribution in [0.3, 0.4) is 0 Å². The van der Waals surface area contributed by atoms with Gasteiger partial charge in [0.2, 0.25) is 0 Å². The van der Waals surface area contributed by atoms with Gasteiger partial charge in [-0.1, -0.05) is 52.5 Å². The van der Waals surface area contributed by atoms with Gasteiger partial charge in [-0.25, -0.2) is 4.68 Å². The summed E-state index contributed by atoms with van der Waals surface area (Å²) in [6, 6.07) is 11.9. The molecule has 7 heteroatoms. The van der Waals surface area contributed by atoms with E-state index in [-0.39, 0.29) is 5.78 Å². The van der Waals surface area contributed by atoms with E-state index in [1.807, 2.05) is 19.1 Å². The summed E-state index contributed by atoms with van der Waals surface area (Å²) in [5.74, 6) is -0.252. The monoisotopic (exact) mass is 424 g/mol. The second-order valence-electron chi connectivity index (χ2n) is 5.50. The third kappa shape index (κ3) is 3.97. The standard InChI is InChI=1S/C19H12Cl4N2O/c1-11-15(7-8-18(26)16-6-5-13(21)10-17(16)22)19(23)25(24-11)14-4-2-3-12(20)9-14/h2-10H,1H3. The number of carbonyl (C=O) groups is 1. The molecule has 132 valence electrons. The van der Waals surface area contributed by atoms with Crippen LogP contribution >= 0.6 is 46.4 Å². The van der Waals surface area contributed by atoms with Crippen molar-refractivity contribution in [3.8, 4) is 5.69 Å². The molecule has 0 aliphatic rings. The molecule has 0 unspecified atom stereocenters. The second-order valence-corrected chi connectivity index (χ2v) is 7.14. The largest absolute Gasteiger partial charge is 0.289 e. The lowest BCUT2D eigenvalue weighted by molar-refractivity contribution is 0.104. The maximum absolute atomic E-state index is 12.4. The van der Waals surface area contributed by atoms with Gasteiger partial charge in [-0.15, -0.1) is 0 Å². The van der Waals surface area contributed by atoms with Crippen molar-refractivity contribution < 1.29 is 4.79 Å². The molecule has 0 aliphatic heterocycles. The average Bonchev–Trinajstić information content (AvgIpc) is 2.87. The first-order chi connectivity index (χ1) is 12.4. The summed E-state index contributed by atoms with van der Waals surface area (Å²) < 4.78 is 1.57. The van der Waals surface area contributed by atoms with E-state index in [4.69, 9.17) is 46.4 Å². The first-order valence-corrected chi connectivity index (χ1v) is 9.06. The predicted octanol–water partition coefficient (Wildman–Crippen LogP) is 6.69. The molecule has 0 amide bonds. The fraction of sp³-hybridized carbons (Fsp3) is 0.0526. The minimum absolute atomic E-state index is 0.252. The molecule has 0 radical (unpaired) electrons. The van der Waals surface area contributed by atoms with Gasteiger partial charge in [-0.3, -0.25) is 4.79 Å². The molecule has 0 bridgehead atoms. The Bertz CT molecular complexity index is 1020. The molecule has 0 saturated carbocycles. The molecule has 0 spiro atoms. The Morgan fingerprint density at radius 3 is 2.46 bits per heavy atom. The molecule has 0 fully saturated rings. The van der Waals surface area contributed by atoms with Crippen molar-refractivity contribution in [3.05, 3.63) is 85.6 Å². The number of halogens is 4. The van der Waals surface area contributed by atoms with E-state index < -0.39 is 0 Å². The van der Waals surface area contributed by atoms with Crippen LogP contribution in [0.4, 0.5) is 0 Å². The summed E-state index contributed by atoms with van der Waals surface area (Å²) in [6.07, 6.45) is 3.03. The Labute approximate surface area is 170 Å². The summed E-state index contributed by atoms with van der Waals surface area (Å²) in [5.41, 5.74) is 2.42. The Kier molecular flexibility index (Phi) is 5.73. The third-order valence-electron chi connectivity index (χ3n) is 3.70. The van der Waals surface area contributed by atoms with Crippen molar-refractivity contribution in [2.75, 3.05) is 0 Å². The van der Waals surface area contributed by atoms with Crippen molar-refractivity contribution in [3.63, 3.8) is 0 Å². The molecule has 0 saturated heterocycles. The van der Waals surface area contributed by atoms with E-state index >= 15 is 0 Å². The van der Waals surface area contributed by atoms with Crippen LogP contribution < -0.4 is 0 Å². The van der Waals surface area contributed by atoms with E-state index in [1.165, 1.54) is 12.1 Å². The molecule has 3 rings (SSSR count). The third-order valence-corrected chi connectivity index (χ3v) is 4.85. The van der Waals surface area contributed by atoms with Crippen LogP contribution in [0.5, 0.6) is 0 Å². The van der Waals surface area contributed by atoms with Crippen molar-refractivity contribution in [2.45, 2.75) is 6.92 Å². The van der Waals surface area contributed by atoms with E-state index in [0.29, 0.717) is 37.0 Å². The van der Waals surface area contributed by atoms with Crippen LogP contribution in [0.1, 0.15) is 21.6 Å². The number of aromatic nitrogens is 2. The quantitative estimate of drug-likeness (QED) is 0.344. The van der Waals surface area contributed by atoms with Gasteiger partial charge in [-0.05, 0) is 55.5 Å². The number of aryl methyl sites for hydroxylation is 1. The summed E-state index contributed by atoms with van der Waals surface area (Å²) in [5, 5.41) is 6.15. The van der Waals surface area contributed by atoms with E-state index in [9.17, 15) is 4.79 Å². The van der Waals surface area contributed by atoms with Crippen LogP contribution in [0.15, 0.2) is 48.5 Å². The molecule has 2 aromatic carbocycles. The average molecular weight is 426 g/mol. The number of benzene rings is 2. The molecule has 3 nitrogen and oxygen atoms in total. The van der Waals surface area contributed by atoms with Gasteiger partial charge in [0.15, 0.2) is 5.78 Å². The fourth-order valence-electron chi connectivity index (χ4n) is 2.42. The first-order valence-electron chi connectivity index (χ1n) is 7.55. The molecular weight excluding hydrogens is 414 g/mol. The SMILES string of the molecule is Cc1nn(-c2cccc(Cl)c2)c(Cl)c1C=CC(=O)c1ccc(Cl)cc1Cl. The van der Waals surface area contributed by atoms with E-state index in [2.05, 4.69) is 5.10 Å². The first kappa shape index (κ1) is 19.0. The van der Waals surface area contributed by atoms with Crippen molar-refractivity contribution in [2.24, 2.45) is 0 Å². The number of nitrogens with zero attached hydrogens (tertiary/aromatic N) is 2. The Morgan fingerprint density at radius 2 is 1.77 bits per heavy atom. The molecule has 3 aromatic rings. The molecular formula is C19H12Cl4N2O. The maximum atomic E-state index is 12.4. The highest BCUT2D eigenvalue weighted by Crippen LogP contribution is 2.27. The number of carbonyl (C=O) groups excluding carboxylic acids is 1. The number of hydrogen-bond acceptors (Lipinski definition) is 2. The van der Waals surface area contributed by atoms with Crippen LogP contribution in [-0.4, -0.2) is 15.6 Å². The van der Waals surface area contributed by atoms with E-state index in [1.54, 1.807) is 35.0 Å². The highest BCUT2D eigenvalue weighted by atomic mass is 35.5. The van der Waals surface area contributed by atoms with Gasteiger partial charge in [-0.2, -0.15) is 5.10 Å². The Hall–Kier alpha value is -1.78. The van der Waals surface area contributed by atoms with Gasteiger partial charge < -0.3 is 0 Å². The minimum Gasteiger partial charge on any atom is -0.289 e. The Morgan fingerprint density at radius 1 is 1.04 bits per heavy atom.